The van der Waals surface area contributed by atoms with E-state index in [9.17, 15) is 12.9 Å². The molecule has 0 heterocycles. The van der Waals surface area contributed by atoms with Gasteiger partial charge in [-0.05, 0) is 0 Å². The summed E-state index contributed by atoms with van der Waals surface area (Å²) in [4.78, 5) is 0. The van der Waals surface area contributed by atoms with Crippen molar-refractivity contribution in [3.05, 3.63) is 12.7 Å². The molecule has 0 aromatic heterocycles. The van der Waals surface area contributed by atoms with E-state index in [1.807, 2.05) is 0 Å². The van der Waals surface area contributed by atoms with Crippen molar-refractivity contribution in [1.82, 2.24) is 0 Å². The molecule has 0 bridgehead atoms. The molecule has 0 aliphatic rings. The molecule has 0 rings (SSSR count). The maximum absolute atomic E-state index is 11.4. The van der Waals surface area contributed by atoms with Gasteiger partial charge in [-0.15, -0.1) is 12.7 Å². The second-order valence-corrected chi connectivity index (χ2v) is 1.72. The topological polar surface area (TPSA) is 0 Å². The van der Waals surface area contributed by atoms with Crippen LogP contribution in [0.5, 0.6) is 0 Å². The predicted molar refractivity (Wildman–Crippen MR) is 28.7 cm³/mol. The molecular formula is C4H7BF3-. The molecule has 0 aliphatic heterocycles. The third kappa shape index (κ3) is 2.05. The maximum Gasteiger partial charge on any atom is 0.484 e. The summed E-state index contributed by atoms with van der Waals surface area (Å²) in [5.41, 5.74) is 0. The van der Waals surface area contributed by atoms with Gasteiger partial charge in [0.05, 0.1) is 0 Å². The second-order valence-electron chi connectivity index (χ2n) is 1.72. The monoisotopic (exact) mass is 123 g/mol. The van der Waals surface area contributed by atoms with E-state index in [2.05, 4.69) is 6.58 Å². The van der Waals surface area contributed by atoms with Crippen molar-refractivity contribution in [2.24, 2.45) is 0 Å². The Morgan fingerprint density at radius 2 is 1.88 bits per heavy atom. The van der Waals surface area contributed by atoms with Crippen LogP contribution in [0.3, 0.4) is 0 Å². The first-order valence-corrected chi connectivity index (χ1v) is 2.31. The molecule has 1 atom stereocenters. The third-order valence-corrected chi connectivity index (χ3v) is 0.968. The van der Waals surface area contributed by atoms with Crippen molar-refractivity contribution < 1.29 is 12.9 Å². The number of halogens is 3. The molecule has 0 fully saturated rings. The van der Waals surface area contributed by atoms with Gasteiger partial charge in [-0.25, -0.2) is 0 Å². The first-order valence-electron chi connectivity index (χ1n) is 2.31. The Balaban J connectivity index is 3.80. The molecule has 0 radical (unpaired) electrons. The molecule has 48 valence electrons. The fourth-order valence-electron chi connectivity index (χ4n) is 0.154. The summed E-state index contributed by atoms with van der Waals surface area (Å²) < 4.78 is 34.3. The molecule has 0 saturated heterocycles. The van der Waals surface area contributed by atoms with Crippen molar-refractivity contribution in [2.75, 3.05) is 0 Å². The van der Waals surface area contributed by atoms with Crippen LogP contribution in [0.2, 0.25) is 5.82 Å². The van der Waals surface area contributed by atoms with Gasteiger partial charge >= 0.3 is 6.98 Å². The minimum absolute atomic E-state index is 0.903. The highest BCUT2D eigenvalue weighted by Crippen LogP contribution is 2.25. The lowest BCUT2D eigenvalue weighted by molar-refractivity contribution is 0.456. The van der Waals surface area contributed by atoms with Crippen LogP contribution < -0.4 is 0 Å². The number of rotatable bonds is 2. The number of hydrogen-bond donors (Lipinski definition) is 0. The minimum Gasteiger partial charge on any atom is -0.449 e. The van der Waals surface area contributed by atoms with Gasteiger partial charge in [-0.2, -0.15) is 0 Å². The van der Waals surface area contributed by atoms with Crippen molar-refractivity contribution in [3.63, 3.8) is 0 Å². The number of allylic oxidation sites excluding steroid dienone is 1. The van der Waals surface area contributed by atoms with Crippen LogP contribution in [0.4, 0.5) is 12.9 Å². The predicted octanol–water partition coefficient (Wildman–Crippen LogP) is 2.41. The summed E-state index contributed by atoms with van der Waals surface area (Å²) in [5, 5.41) is 0. The molecule has 4 heteroatoms. The fourth-order valence-corrected chi connectivity index (χ4v) is 0.154. The summed E-state index contributed by atoms with van der Waals surface area (Å²) >= 11 is 0. The van der Waals surface area contributed by atoms with E-state index in [1.165, 1.54) is 0 Å². The Morgan fingerprint density at radius 3 is 1.88 bits per heavy atom. The van der Waals surface area contributed by atoms with Gasteiger partial charge in [0, 0.05) is 0 Å². The molecule has 0 aromatic rings. The van der Waals surface area contributed by atoms with Crippen LogP contribution in [0, 0.1) is 0 Å². The normalized spacial score (nSPS) is 15.5. The van der Waals surface area contributed by atoms with Crippen LogP contribution in [-0.4, -0.2) is 6.98 Å². The number of hydrogen-bond acceptors (Lipinski definition) is 0. The van der Waals surface area contributed by atoms with E-state index in [4.69, 9.17) is 0 Å². The highest BCUT2D eigenvalue weighted by molar-refractivity contribution is 6.60. The third-order valence-electron chi connectivity index (χ3n) is 0.968. The summed E-state index contributed by atoms with van der Waals surface area (Å²) in [5.74, 6) is -1.32. The van der Waals surface area contributed by atoms with Crippen molar-refractivity contribution in [3.8, 4) is 0 Å². The zero-order valence-corrected chi connectivity index (χ0v) is 4.57. The lowest BCUT2D eigenvalue weighted by Crippen LogP contribution is -2.19. The van der Waals surface area contributed by atoms with Crippen LogP contribution >= 0.6 is 0 Å². The molecule has 0 nitrogen and oxygen atoms in total. The Labute approximate surface area is 46.4 Å². The van der Waals surface area contributed by atoms with E-state index in [0.29, 0.717) is 0 Å². The van der Waals surface area contributed by atoms with Gasteiger partial charge in [0.25, 0.3) is 0 Å². The second kappa shape index (κ2) is 2.24. The molecule has 0 aromatic carbocycles. The van der Waals surface area contributed by atoms with Crippen LogP contribution in [0.1, 0.15) is 6.92 Å². The molecule has 0 saturated carbocycles. The Hall–Kier alpha value is -0.405. The fraction of sp³-hybridized carbons (Fsp3) is 0.500. The quantitative estimate of drug-likeness (QED) is 0.390. The first-order chi connectivity index (χ1) is 3.48. The Morgan fingerprint density at radius 1 is 1.50 bits per heavy atom. The van der Waals surface area contributed by atoms with Gasteiger partial charge in [-0.1, -0.05) is 12.7 Å². The van der Waals surface area contributed by atoms with Crippen LogP contribution in [-0.2, 0) is 0 Å². The molecule has 0 amide bonds. The minimum atomic E-state index is -4.68. The molecular weight excluding hydrogens is 116 g/mol. The highest BCUT2D eigenvalue weighted by Gasteiger charge is 2.28. The van der Waals surface area contributed by atoms with Gasteiger partial charge in [0.1, 0.15) is 0 Å². The maximum atomic E-state index is 11.4. The molecule has 0 aliphatic carbocycles. The lowest BCUT2D eigenvalue weighted by atomic mass is 9.74. The first kappa shape index (κ1) is 7.59. The zero-order valence-electron chi connectivity index (χ0n) is 4.57. The average Bonchev–Trinajstić information content (AvgIpc) is 1.62. The molecule has 0 spiro atoms. The lowest BCUT2D eigenvalue weighted by Gasteiger charge is -2.17. The summed E-state index contributed by atoms with van der Waals surface area (Å²) in [7, 11) is 0. The zero-order chi connectivity index (χ0) is 6.78. The van der Waals surface area contributed by atoms with Crippen LogP contribution in [0.25, 0.3) is 0 Å². The van der Waals surface area contributed by atoms with Gasteiger partial charge < -0.3 is 12.9 Å². The summed E-state index contributed by atoms with van der Waals surface area (Å²) in [6.45, 7) is -0.568. The van der Waals surface area contributed by atoms with E-state index < -0.39 is 12.8 Å². The Kier molecular flexibility index (Phi) is 2.13. The molecule has 8 heavy (non-hydrogen) atoms. The molecule has 1 unspecified atom stereocenters. The SMILES string of the molecule is C=CC(C)[B-](F)(F)F. The highest BCUT2D eigenvalue weighted by atomic mass is 19.4. The summed E-state index contributed by atoms with van der Waals surface area (Å²) in [6.07, 6.45) is 0.903. The van der Waals surface area contributed by atoms with Gasteiger partial charge in [0.2, 0.25) is 0 Å². The Bertz CT molecular complexity index is 85.8. The van der Waals surface area contributed by atoms with Crippen LogP contribution in [0.15, 0.2) is 12.7 Å². The molecule has 0 N–H and O–H groups in total. The van der Waals surface area contributed by atoms with Crippen molar-refractivity contribution in [1.29, 1.82) is 0 Å². The van der Waals surface area contributed by atoms with Crippen molar-refractivity contribution in [2.45, 2.75) is 12.7 Å². The van der Waals surface area contributed by atoms with E-state index in [1.54, 1.807) is 0 Å². The average molecular weight is 123 g/mol. The standard InChI is InChI=1S/C4H7BF3/c1-3-4(2)5(6,7)8/h3-4H,1H2,2H3/q-1. The van der Waals surface area contributed by atoms with Crippen molar-refractivity contribution >= 4 is 6.98 Å². The van der Waals surface area contributed by atoms with E-state index in [-0.39, 0.29) is 0 Å². The summed E-state index contributed by atoms with van der Waals surface area (Å²) in [6, 6.07) is 0. The van der Waals surface area contributed by atoms with E-state index in [0.717, 1.165) is 13.0 Å². The van der Waals surface area contributed by atoms with Gasteiger partial charge in [-0.3, -0.25) is 0 Å². The largest absolute Gasteiger partial charge is 0.484 e. The smallest absolute Gasteiger partial charge is 0.449 e. The van der Waals surface area contributed by atoms with Gasteiger partial charge in [0.15, 0.2) is 0 Å². The van der Waals surface area contributed by atoms with E-state index >= 15 is 0 Å².